The molecule has 22 heavy (non-hydrogen) atoms. The van der Waals surface area contributed by atoms with E-state index in [1.807, 2.05) is 29.2 Å². The highest BCUT2D eigenvalue weighted by molar-refractivity contribution is 5.95. The molecule has 2 aliphatic rings. The largest absolute Gasteiger partial charge is 0.484 e. The van der Waals surface area contributed by atoms with E-state index >= 15 is 0 Å². The molecule has 3 rings (SSSR count). The summed E-state index contributed by atoms with van der Waals surface area (Å²) in [4.78, 5) is 27.3. The van der Waals surface area contributed by atoms with Crippen LogP contribution in [-0.2, 0) is 9.59 Å². The maximum Gasteiger partial charge on any atom is 0.260 e. The zero-order chi connectivity index (χ0) is 15.4. The van der Waals surface area contributed by atoms with Crippen LogP contribution in [0.5, 0.6) is 5.75 Å². The first kappa shape index (κ1) is 14.8. The summed E-state index contributed by atoms with van der Waals surface area (Å²) < 4.78 is 5.55. The van der Waals surface area contributed by atoms with Crippen LogP contribution in [0.15, 0.2) is 24.3 Å². The van der Waals surface area contributed by atoms with Gasteiger partial charge in [-0.15, -0.1) is 0 Å². The van der Waals surface area contributed by atoms with Crippen LogP contribution in [0.25, 0.3) is 0 Å². The number of piperazine rings is 1. The van der Waals surface area contributed by atoms with Gasteiger partial charge in [0.25, 0.3) is 5.91 Å². The van der Waals surface area contributed by atoms with Crippen molar-refractivity contribution in [3.63, 3.8) is 0 Å². The van der Waals surface area contributed by atoms with E-state index in [2.05, 4.69) is 5.32 Å². The lowest BCUT2D eigenvalue weighted by atomic mass is 10.3. The number of nitrogens with one attached hydrogen (secondary N) is 1. The summed E-state index contributed by atoms with van der Waals surface area (Å²) >= 11 is 0. The van der Waals surface area contributed by atoms with Crippen LogP contribution >= 0.6 is 0 Å². The number of amides is 2. The Hall–Kier alpha value is -2.08. The van der Waals surface area contributed by atoms with E-state index in [1.165, 1.54) is 0 Å². The van der Waals surface area contributed by atoms with Gasteiger partial charge in [0.15, 0.2) is 6.61 Å². The highest BCUT2D eigenvalue weighted by atomic mass is 16.5. The number of rotatable bonds is 4. The van der Waals surface area contributed by atoms with Gasteiger partial charge in [-0.3, -0.25) is 9.59 Å². The second-order valence-corrected chi connectivity index (χ2v) is 5.56. The first-order valence-corrected chi connectivity index (χ1v) is 7.76. The summed E-state index contributed by atoms with van der Waals surface area (Å²) in [6, 6.07) is 7.36. The minimum atomic E-state index is 0.0142. The normalized spacial score (nSPS) is 18.6. The van der Waals surface area contributed by atoms with Crippen molar-refractivity contribution >= 4 is 17.5 Å². The first-order chi connectivity index (χ1) is 10.7. The van der Waals surface area contributed by atoms with Crippen molar-refractivity contribution in [3.8, 4) is 5.75 Å². The summed E-state index contributed by atoms with van der Waals surface area (Å²) in [5, 5.41) is 3.21. The molecule has 2 fully saturated rings. The van der Waals surface area contributed by atoms with E-state index in [0.29, 0.717) is 12.2 Å². The molecule has 0 spiro atoms. The van der Waals surface area contributed by atoms with E-state index in [1.54, 1.807) is 4.90 Å². The van der Waals surface area contributed by atoms with E-state index in [4.69, 9.17) is 4.74 Å². The number of carbonyl (C=O) groups excluding carboxylic acids is 2. The van der Waals surface area contributed by atoms with Gasteiger partial charge in [0, 0.05) is 44.8 Å². The van der Waals surface area contributed by atoms with Crippen molar-refractivity contribution in [3.05, 3.63) is 24.3 Å². The molecule has 0 bridgehead atoms. The summed E-state index contributed by atoms with van der Waals surface area (Å²) in [6.07, 6.45) is 1.54. The lowest BCUT2D eigenvalue weighted by molar-refractivity contribution is -0.133. The molecule has 2 saturated heterocycles. The molecule has 6 nitrogen and oxygen atoms in total. The van der Waals surface area contributed by atoms with Crippen LogP contribution in [0.3, 0.4) is 0 Å². The Balaban J connectivity index is 1.52. The topological polar surface area (TPSA) is 61.9 Å². The van der Waals surface area contributed by atoms with Crippen molar-refractivity contribution in [1.82, 2.24) is 10.2 Å². The quantitative estimate of drug-likeness (QED) is 0.886. The fraction of sp³-hybridized carbons (Fsp3) is 0.500. The van der Waals surface area contributed by atoms with E-state index in [9.17, 15) is 9.59 Å². The Bertz CT molecular complexity index is 538. The Morgan fingerprint density at radius 3 is 2.50 bits per heavy atom. The van der Waals surface area contributed by atoms with Crippen LogP contribution in [0.2, 0.25) is 0 Å². The van der Waals surface area contributed by atoms with E-state index < -0.39 is 0 Å². The van der Waals surface area contributed by atoms with E-state index in [0.717, 1.165) is 44.8 Å². The third-order valence-corrected chi connectivity index (χ3v) is 4.05. The van der Waals surface area contributed by atoms with Crippen molar-refractivity contribution < 1.29 is 14.3 Å². The maximum absolute atomic E-state index is 12.0. The lowest BCUT2D eigenvalue weighted by Gasteiger charge is -2.27. The number of benzene rings is 1. The van der Waals surface area contributed by atoms with Gasteiger partial charge in [0.1, 0.15) is 5.75 Å². The van der Waals surface area contributed by atoms with Crippen molar-refractivity contribution in [1.29, 1.82) is 0 Å². The zero-order valence-electron chi connectivity index (χ0n) is 12.6. The van der Waals surface area contributed by atoms with E-state index in [-0.39, 0.29) is 18.4 Å². The molecule has 0 saturated carbocycles. The summed E-state index contributed by atoms with van der Waals surface area (Å²) in [5.41, 5.74) is 0.892. The molecule has 6 heteroatoms. The smallest absolute Gasteiger partial charge is 0.260 e. The molecule has 1 aromatic rings. The molecule has 0 aromatic heterocycles. The average molecular weight is 303 g/mol. The van der Waals surface area contributed by atoms with Gasteiger partial charge in [0.2, 0.25) is 5.91 Å². The zero-order valence-corrected chi connectivity index (χ0v) is 12.6. The van der Waals surface area contributed by atoms with Crippen molar-refractivity contribution in [2.75, 3.05) is 44.2 Å². The van der Waals surface area contributed by atoms with Gasteiger partial charge in [-0.25, -0.2) is 0 Å². The lowest BCUT2D eigenvalue weighted by Crippen LogP contribution is -2.47. The Morgan fingerprint density at radius 1 is 1.14 bits per heavy atom. The molecule has 2 amide bonds. The van der Waals surface area contributed by atoms with Gasteiger partial charge in [-0.2, -0.15) is 0 Å². The van der Waals surface area contributed by atoms with Crippen LogP contribution in [0, 0.1) is 0 Å². The average Bonchev–Trinajstić information content (AvgIpc) is 3.00. The number of hydrogen-bond acceptors (Lipinski definition) is 4. The monoisotopic (exact) mass is 303 g/mol. The fourth-order valence-corrected chi connectivity index (χ4v) is 2.79. The van der Waals surface area contributed by atoms with Gasteiger partial charge in [-0.05, 0) is 30.7 Å². The highest BCUT2D eigenvalue weighted by Crippen LogP contribution is 2.23. The minimum absolute atomic E-state index is 0.0142. The highest BCUT2D eigenvalue weighted by Gasteiger charge is 2.21. The minimum Gasteiger partial charge on any atom is -0.484 e. The molecule has 2 heterocycles. The van der Waals surface area contributed by atoms with Crippen LogP contribution in [0.1, 0.15) is 12.8 Å². The van der Waals surface area contributed by atoms with Crippen molar-refractivity contribution in [2.24, 2.45) is 0 Å². The molecule has 0 atom stereocenters. The number of nitrogens with zero attached hydrogens (tertiary/aromatic N) is 2. The molecule has 118 valence electrons. The Morgan fingerprint density at radius 2 is 1.86 bits per heavy atom. The third-order valence-electron chi connectivity index (χ3n) is 4.05. The summed E-state index contributed by atoms with van der Waals surface area (Å²) in [6.45, 7) is 3.98. The Kier molecular flexibility index (Phi) is 4.58. The number of anilines is 1. The molecular formula is C16H21N3O3. The third kappa shape index (κ3) is 3.39. The van der Waals surface area contributed by atoms with Gasteiger partial charge in [0.05, 0.1) is 0 Å². The Labute approximate surface area is 130 Å². The summed E-state index contributed by atoms with van der Waals surface area (Å²) in [5.74, 6) is 0.835. The predicted octanol–water partition coefficient (Wildman–Crippen LogP) is 0.624. The molecule has 0 radical (unpaired) electrons. The molecular weight excluding hydrogens is 282 g/mol. The predicted molar refractivity (Wildman–Crippen MR) is 83.0 cm³/mol. The maximum atomic E-state index is 12.0. The molecule has 1 N–H and O–H groups in total. The fourth-order valence-electron chi connectivity index (χ4n) is 2.79. The first-order valence-electron chi connectivity index (χ1n) is 7.76. The van der Waals surface area contributed by atoms with Crippen molar-refractivity contribution in [2.45, 2.75) is 12.8 Å². The van der Waals surface area contributed by atoms with Crippen LogP contribution < -0.4 is 15.0 Å². The summed E-state index contributed by atoms with van der Waals surface area (Å²) in [7, 11) is 0. The van der Waals surface area contributed by atoms with Gasteiger partial charge < -0.3 is 19.9 Å². The number of ether oxygens (including phenoxy) is 1. The molecule has 0 unspecified atom stereocenters. The van der Waals surface area contributed by atoms with Gasteiger partial charge in [-0.1, -0.05) is 0 Å². The standard InChI is InChI=1S/C16H21N3O3/c20-15-2-1-9-19(15)13-3-5-14(6-4-13)22-12-16(21)18-10-7-17-8-11-18/h3-6,17H,1-2,7-12H2. The molecule has 2 aliphatic heterocycles. The second-order valence-electron chi connectivity index (χ2n) is 5.56. The second kappa shape index (κ2) is 6.79. The SMILES string of the molecule is O=C(COc1ccc(N2CCCC2=O)cc1)N1CCNCC1. The molecule has 1 aromatic carbocycles. The molecule has 0 aliphatic carbocycles. The number of carbonyl (C=O) groups is 2. The van der Waals surface area contributed by atoms with Gasteiger partial charge >= 0.3 is 0 Å². The number of hydrogen-bond donors (Lipinski definition) is 1. The van der Waals surface area contributed by atoms with Crippen LogP contribution in [-0.4, -0.2) is 56.0 Å². The van der Waals surface area contributed by atoms with Crippen LogP contribution in [0.4, 0.5) is 5.69 Å².